The van der Waals surface area contributed by atoms with Gasteiger partial charge in [0.25, 0.3) is 0 Å². The summed E-state index contributed by atoms with van der Waals surface area (Å²) in [7, 11) is 1.86. The van der Waals surface area contributed by atoms with Gasteiger partial charge in [-0.2, -0.15) is 5.10 Å². The number of rotatable bonds is 4. The molecule has 1 amide bonds. The third kappa shape index (κ3) is 3.93. The summed E-state index contributed by atoms with van der Waals surface area (Å²) < 4.78 is 1.73. The largest absolute Gasteiger partial charge is 0.363 e. The number of para-hydroxylation sites is 1. The van der Waals surface area contributed by atoms with E-state index in [9.17, 15) is 4.79 Å². The third-order valence-corrected chi connectivity index (χ3v) is 6.48. The van der Waals surface area contributed by atoms with Crippen LogP contribution in [0.2, 0.25) is 5.02 Å². The molecule has 0 saturated carbocycles. The molecular formula is C23H25ClN8O. The Morgan fingerprint density at radius 2 is 1.97 bits per heavy atom. The highest BCUT2D eigenvalue weighted by molar-refractivity contribution is 6.35. The van der Waals surface area contributed by atoms with Crippen LogP contribution >= 0.6 is 11.6 Å². The van der Waals surface area contributed by atoms with Gasteiger partial charge in [0, 0.05) is 51.1 Å². The van der Waals surface area contributed by atoms with E-state index >= 15 is 0 Å². The van der Waals surface area contributed by atoms with Crippen LogP contribution in [0.1, 0.15) is 25.5 Å². The molecule has 5 rings (SSSR count). The molecule has 170 valence electrons. The van der Waals surface area contributed by atoms with Crippen molar-refractivity contribution >= 4 is 51.1 Å². The van der Waals surface area contributed by atoms with Gasteiger partial charge >= 0.3 is 0 Å². The molecular weight excluding hydrogens is 440 g/mol. The highest BCUT2D eigenvalue weighted by atomic mass is 35.5. The van der Waals surface area contributed by atoms with Crippen LogP contribution in [-0.4, -0.2) is 61.7 Å². The second-order valence-corrected chi connectivity index (χ2v) is 8.71. The second-order valence-electron chi connectivity index (χ2n) is 8.30. The fraction of sp³-hybridized carbons (Fsp3) is 0.348. The lowest BCUT2D eigenvalue weighted by Gasteiger charge is -2.36. The van der Waals surface area contributed by atoms with Gasteiger partial charge in [-0.05, 0) is 19.1 Å². The molecule has 9 nitrogen and oxygen atoms in total. The number of hydrogen-bond acceptors (Lipinski definition) is 7. The number of nitrogens with zero attached hydrogens (tertiary/aromatic N) is 7. The van der Waals surface area contributed by atoms with Crippen molar-refractivity contribution in [1.82, 2.24) is 29.6 Å². The summed E-state index contributed by atoms with van der Waals surface area (Å²) in [5, 5.41) is 10.3. The molecule has 1 aromatic carbocycles. The summed E-state index contributed by atoms with van der Waals surface area (Å²) in [6.07, 6.45) is 3.31. The summed E-state index contributed by atoms with van der Waals surface area (Å²) >= 11 is 6.49. The molecule has 0 spiro atoms. The maximum absolute atomic E-state index is 11.8. The lowest BCUT2D eigenvalue weighted by molar-refractivity contribution is -0.129. The highest BCUT2D eigenvalue weighted by Gasteiger charge is 2.25. The van der Waals surface area contributed by atoms with E-state index in [1.165, 1.54) is 0 Å². The number of aryl methyl sites for hydroxylation is 1. The number of fused-ring (bicyclic) bond motifs is 2. The molecule has 0 unspecified atom stereocenters. The topological polar surface area (TPSA) is 92.1 Å². The van der Waals surface area contributed by atoms with E-state index in [1.54, 1.807) is 24.1 Å². The first-order valence-electron chi connectivity index (χ1n) is 10.9. The summed E-state index contributed by atoms with van der Waals surface area (Å²) in [6.45, 7) is 6.46. The van der Waals surface area contributed by atoms with Crippen LogP contribution in [0, 0.1) is 0 Å². The van der Waals surface area contributed by atoms with E-state index in [4.69, 9.17) is 16.6 Å². The molecule has 1 saturated heterocycles. The molecule has 1 aliphatic heterocycles. The van der Waals surface area contributed by atoms with E-state index in [2.05, 4.69) is 38.3 Å². The number of carbonyl (C=O) groups excluding carboxylic acids is 1. The summed E-state index contributed by atoms with van der Waals surface area (Å²) in [6, 6.07) is 7.85. The van der Waals surface area contributed by atoms with Crippen LogP contribution in [0.3, 0.4) is 0 Å². The maximum atomic E-state index is 11.8. The first-order chi connectivity index (χ1) is 15.9. The molecule has 4 heterocycles. The standard InChI is InChI=1S/C23H25ClN8O/c1-14(28-21-18-12-27-30(3)22(18)26-13-25-21)17-11-16-5-4-6-19(24)20(16)29-23(17)32-9-7-31(8-10-32)15(2)33/h4-6,11-14H,7-10H2,1-3H3,(H,25,26,28)/t14-/m0/s1. The number of carbonyl (C=O) groups is 1. The van der Waals surface area contributed by atoms with Crippen LogP contribution in [0.15, 0.2) is 36.8 Å². The quantitative estimate of drug-likeness (QED) is 0.494. The molecule has 4 aromatic rings. The normalized spacial score (nSPS) is 15.3. The first kappa shape index (κ1) is 21.4. The van der Waals surface area contributed by atoms with E-state index < -0.39 is 0 Å². The van der Waals surface area contributed by atoms with E-state index in [1.807, 2.05) is 30.1 Å². The van der Waals surface area contributed by atoms with Crippen molar-refractivity contribution in [2.24, 2.45) is 7.05 Å². The van der Waals surface area contributed by atoms with Crippen molar-refractivity contribution in [2.75, 3.05) is 36.4 Å². The minimum Gasteiger partial charge on any atom is -0.363 e. The molecule has 3 aromatic heterocycles. The number of nitrogens with one attached hydrogen (secondary N) is 1. The van der Waals surface area contributed by atoms with Gasteiger partial charge in [0.05, 0.1) is 28.2 Å². The Morgan fingerprint density at radius 1 is 1.18 bits per heavy atom. The molecule has 33 heavy (non-hydrogen) atoms. The van der Waals surface area contributed by atoms with Crippen LogP contribution in [-0.2, 0) is 11.8 Å². The Hall–Kier alpha value is -3.46. The number of aromatic nitrogens is 5. The SMILES string of the molecule is CC(=O)N1CCN(c2nc3c(Cl)cccc3cc2[C@H](C)Nc2ncnc3c2cnn3C)CC1. The number of hydrogen-bond donors (Lipinski definition) is 1. The Kier molecular flexibility index (Phi) is 5.49. The fourth-order valence-electron chi connectivity index (χ4n) is 4.33. The van der Waals surface area contributed by atoms with Crippen LogP contribution in [0.25, 0.3) is 21.9 Å². The molecule has 1 fully saturated rings. The zero-order chi connectivity index (χ0) is 23.1. The zero-order valence-electron chi connectivity index (χ0n) is 18.8. The molecule has 0 bridgehead atoms. The van der Waals surface area contributed by atoms with Crippen LogP contribution in [0.4, 0.5) is 11.6 Å². The Bertz CT molecular complexity index is 1350. The van der Waals surface area contributed by atoms with E-state index in [0.29, 0.717) is 31.2 Å². The molecule has 10 heteroatoms. The molecule has 0 radical (unpaired) electrons. The van der Waals surface area contributed by atoms with Crippen LogP contribution in [0.5, 0.6) is 0 Å². The lowest BCUT2D eigenvalue weighted by atomic mass is 10.0. The minimum atomic E-state index is -0.0972. The van der Waals surface area contributed by atoms with Gasteiger partial charge in [-0.1, -0.05) is 23.7 Å². The number of piperazine rings is 1. The molecule has 1 N–H and O–H groups in total. The molecule has 1 atom stereocenters. The third-order valence-electron chi connectivity index (χ3n) is 6.18. The Labute approximate surface area is 196 Å². The van der Waals surface area contributed by atoms with Crippen molar-refractivity contribution < 1.29 is 4.79 Å². The second kappa shape index (κ2) is 8.47. The lowest BCUT2D eigenvalue weighted by Crippen LogP contribution is -2.48. The monoisotopic (exact) mass is 464 g/mol. The maximum Gasteiger partial charge on any atom is 0.219 e. The Balaban J connectivity index is 1.54. The minimum absolute atomic E-state index is 0.0972. The van der Waals surface area contributed by atoms with Gasteiger partial charge in [-0.3, -0.25) is 9.48 Å². The van der Waals surface area contributed by atoms with Crippen molar-refractivity contribution in [3.05, 3.63) is 47.4 Å². The number of halogens is 1. The predicted molar refractivity (Wildman–Crippen MR) is 130 cm³/mol. The van der Waals surface area contributed by atoms with E-state index in [-0.39, 0.29) is 11.9 Å². The number of amides is 1. The Morgan fingerprint density at radius 3 is 2.73 bits per heavy atom. The van der Waals surface area contributed by atoms with Gasteiger partial charge < -0.3 is 15.1 Å². The summed E-state index contributed by atoms with van der Waals surface area (Å²) in [4.78, 5) is 29.7. The summed E-state index contributed by atoms with van der Waals surface area (Å²) in [5.74, 6) is 1.69. The average Bonchev–Trinajstić information content (AvgIpc) is 3.20. The van der Waals surface area contributed by atoms with Gasteiger partial charge in [0.2, 0.25) is 5.91 Å². The van der Waals surface area contributed by atoms with Gasteiger partial charge in [-0.25, -0.2) is 15.0 Å². The fourth-order valence-corrected chi connectivity index (χ4v) is 4.56. The number of benzene rings is 1. The van der Waals surface area contributed by atoms with Gasteiger partial charge in [0.1, 0.15) is 18.0 Å². The van der Waals surface area contributed by atoms with Crippen molar-refractivity contribution in [3.63, 3.8) is 0 Å². The van der Waals surface area contributed by atoms with Crippen molar-refractivity contribution in [3.8, 4) is 0 Å². The number of pyridine rings is 1. The van der Waals surface area contributed by atoms with Crippen LogP contribution < -0.4 is 10.2 Å². The summed E-state index contributed by atoms with van der Waals surface area (Å²) in [5.41, 5.74) is 2.58. The van der Waals surface area contributed by atoms with Crippen molar-refractivity contribution in [1.29, 1.82) is 0 Å². The van der Waals surface area contributed by atoms with Gasteiger partial charge in [-0.15, -0.1) is 0 Å². The molecule has 0 aliphatic carbocycles. The average molecular weight is 465 g/mol. The predicted octanol–water partition coefficient (Wildman–Crippen LogP) is 3.41. The van der Waals surface area contributed by atoms with Gasteiger partial charge in [0.15, 0.2) is 5.65 Å². The van der Waals surface area contributed by atoms with E-state index in [0.717, 1.165) is 39.1 Å². The zero-order valence-corrected chi connectivity index (χ0v) is 19.5. The smallest absolute Gasteiger partial charge is 0.219 e. The first-order valence-corrected chi connectivity index (χ1v) is 11.3. The highest BCUT2D eigenvalue weighted by Crippen LogP contribution is 2.34. The number of anilines is 2. The van der Waals surface area contributed by atoms with Crippen molar-refractivity contribution in [2.45, 2.75) is 19.9 Å². The molecule has 1 aliphatic rings.